The summed E-state index contributed by atoms with van der Waals surface area (Å²) in [6, 6.07) is 7.86. The molecule has 1 aromatic heterocycles. The number of furan rings is 1. The molecular weight excluding hydrogens is 316 g/mol. The van der Waals surface area contributed by atoms with E-state index in [1.807, 2.05) is 38.4 Å². The maximum absolute atomic E-state index is 6.23. The molecule has 2 aromatic rings. The molecule has 0 spiro atoms. The fourth-order valence-corrected chi connectivity index (χ4v) is 2.76. The lowest BCUT2D eigenvalue weighted by Crippen LogP contribution is -2.30. The van der Waals surface area contributed by atoms with E-state index in [0.29, 0.717) is 23.1 Å². The SMILES string of the molecule is COc1cc(CNC[C@@H](c2ccco2)N(C)C)cc(Cl)c1OC. The lowest BCUT2D eigenvalue weighted by molar-refractivity contribution is 0.250. The van der Waals surface area contributed by atoms with Crippen LogP contribution in [0.5, 0.6) is 11.5 Å². The Morgan fingerprint density at radius 3 is 2.61 bits per heavy atom. The summed E-state index contributed by atoms with van der Waals surface area (Å²) in [5, 5.41) is 3.97. The van der Waals surface area contributed by atoms with Crippen molar-refractivity contribution in [3.05, 3.63) is 46.9 Å². The number of likely N-dealkylation sites (N-methyl/N-ethyl adjacent to an activating group) is 1. The van der Waals surface area contributed by atoms with Gasteiger partial charge in [0.25, 0.3) is 0 Å². The van der Waals surface area contributed by atoms with Gasteiger partial charge in [-0.15, -0.1) is 0 Å². The molecule has 6 heteroatoms. The number of methoxy groups -OCH3 is 2. The van der Waals surface area contributed by atoms with E-state index < -0.39 is 0 Å². The summed E-state index contributed by atoms with van der Waals surface area (Å²) >= 11 is 6.23. The number of benzene rings is 1. The van der Waals surface area contributed by atoms with E-state index in [1.165, 1.54) is 0 Å². The largest absolute Gasteiger partial charge is 0.493 e. The van der Waals surface area contributed by atoms with Gasteiger partial charge in [-0.25, -0.2) is 0 Å². The van der Waals surface area contributed by atoms with Crippen LogP contribution in [-0.4, -0.2) is 39.8 Å². The third-order valence-corrected chi connectivity index (χ3v) is 3.94. The predicted octanol–water partition coefficient (Wildman–Crippen LogP) is 3.34. The van der Waals surface area contributed by atoms with Gasteiger partial charge in [0.15, 0.2) is 11.5 Å². The lowest BCUT2D eigenvalue weighted by Gasteiger charge is -2.22. The second-order valence-corrected chi connectivity index (χ2v) is 5.85. The summed E-state index contributed by atoms with van der Waals surface area (Å²) < 4.78 is 16.1. The van der Waals surface area contributed by atoms with Crippen molar-refractivity contribution < 1.29 is 13.9 Å². The van der Waals surface area contributed by atoms with Crippen LogP contribution in [0.4, 0.5) is 0 Å². The van der Waals surface area contributed by atoms with Gasteiger partial charge in [0.05, 0.1) is 31.5 Å². The van der Waals surface area contributed by atoms with E-state index in [2.05, 4.69) is 10.2 Å². The van der Waals surface area contributed by atoms with Crippen LogP contribution >= 0.6 is 11.6 Å². The summed E-state index contributed by atoms with van der Waals surface area (Å²) in [7, 11) is 7.24. The van der Waals surface area contributed by atoms with E-state index in [4.69, 9.17) is 25.5 Å². The molecule has 1 N–H and O–H groups in total. The number of hydrogen-bond donors (Lipinski definition) is 1. The maximum Gasteiger partial charge on any atom is 0.179 e. The van der Waals surface area contributed by atoms with Crippen molar-refractivity contribution in [2.24, 2.45) is 0 Å². The molecule has 0 fully saturated rings. The van der Waals surface area contributed by atoms with Crippen LogP contribution in [0.15, 0.2) is 34.9 Å². The van der Waals surface area contributed by atoms with Gasteiger partial charge in [-0.2, -0.15) is 0 Å². The van der Waals surface area contributed by atoms with Crippen molar-refractivity contribution in [3.8, 4) is 11.5 Å². The fraction of sp³-hybridized carbons (Fsp3) is 0.412. The summed E-state index contributed by atoms with van der Waals surface area (Å²) in [5.74, 6) is 2.12. The molecular formula is C17H23ClN2O3. The van der Waals surface area contributed by atoms with Crippen molar-refractivity contribution in [1.82, 2.24) is 10.2 Å². The molecule has 23 heavy (non-hydrogen) atoms. The number of nitrogens with one attached hydrogen (secondary N) is 1. The second kappa shape index (κ2) is 8.24. The molecule has 1 heterocycles. The van der Waals surface area contributed by atoms with Crippen molar-refractivity contribution >= 4 is 11.6 Å². The van der Waals surface area contributed by atoms with E-state index in [-0.39, 0.29) is 6.04 Å². The Labute approximate surface area is 142 Å². The van der Waals surface area contributed by atoms with Crippen molar-refractivity contribution in [2.75, 3.05) is 34.9 Å². The van der Waals surface area contributed by atoms with Gasteiger partial charge in [-0.05, 0) is 43.9 Å². The van der Waals surface area contributed by atoms with E-state index >= 15 is 0 Å². The Morgan fingerprint density at radius 1 is 1.26 bits per heavy atom. The number of halogens is 1. The van der Waals surface area contributed by atoms with Gasteiger partial charge >= 0.3 is 0 Å². The zero-order valence-corrected chi connectivity index (χ0v) is 14.7. The summed E-state index contributed by atoms with van der Waals surface area (Å²) in [6.45, 7) is 1.43. The fourth-order valence-electron chi connectivity index (χ4n) is 2.45. The first-order valence-electron chi connectivity index (χ1n) is 7.37. The second-order valence-electron chi connectivity index (χ2n) is 5.44. The third kappa shape index (κ3) is 4.41. The number of nitrogens with zero attached hydrogens (tertiary/aromatic N) is 1. The zero-order chi connectivity index (χ0) is 16.8. The van der Waals surface area contributed by atoms with E-state index in [9.17, 15) is 0 Å². The highest BCUT2D eigenvalue weighted by Gasteiger charge is 2.17. The van der Waals surface area contributed by atoms with Gasteiger partial charge in [0.1, 0.15) is 5.76 Å². The predicted molar refractivity (Wildman–Crippen MR) is 91.4 cm³/mol. The molecule has 0 saturated heterocycles. The number of hydrogen-bond acceptors (Lipinski definition) is 5. The van der Waals surface area contributed by atoms with Crippen molar-refractivity contribution in [1.29, 1.82) is 0 Å². The quantitative estimate of drug-likeness (QED) is 0.800. The smallest absolute Gasteiger partial charge is 0.179 e. The molecule has 0 aliphatic carbocycles. The summed E-state index contributed by atoms with van der Waals surface area (Å²) in [5.41, 5.74) is 1.03. The highest BCUT2D eigenvalue weighted by atomic mass is 35.5. The minimum atomic E-state index is 0.167. The summed E-state index contributed by atoms with van der Waals surface area (Å²) in [4.78, 5) is 2.12. The van der Waals surface area contributed by atoms with E-state index in [0.717, 1.165) is 17.9 Å². The molecule has 0 bridgehead atoms. The minimum absolute atomic E-state index is 0.167. The van der Waals surface area contributed by atoms with Crippen LogP contribution in [0.1, 0.15) is 17.4 Å². The average Bonchev–Trinajstić information content (AvgIpc) is 3.04. The molecule has 0 saturated carbocycles. The van der Waals surface area contributed by atoms with Crippen molar-refractivity contribution in [2.45, 2.75) is 12.6 Å². The normalized spacial score (nSPS) is 12.4. The molecule has 0 radical (unpaired) electrons. The molecule has 0 amide bonds. The van der Waals surface area contributed by atoms with Crippen molar-refractivity contribution in [3.63, 3.8) is 0 Å². The Morgan fingerprint density at radius 2 is 2.04 bits per heavy atom. The maximum atomic E-state index is 6.23. The molecule has 0 aliphatic rings. The van der Waals surface area contributed by atoms with Gasteiger partial charge in [0.2, 0.25) is 0 Å². The van der Waals surface area contributed by atoms with Gasteiger partial charge < -0.3 is 19.2 Å². The Balaban J connectivity index is 2.02. The van der Waals surface area contributed by atoms with Crippen LogP contribution in [0.3, 0.4) is 0 Å². The van der Waals surface area contributed by atoms with Crippen LogP contribution in [0.2, 0.25) is 5.02 Å². The molecule has 5 nitrogen and oxygen atoms in total. The summed E-state index contributed by atoms with van der Waals surface area (Å²) in [6.07, 6.45) is 1.69. The van der Waals surface area contributed by atoms with Gasteiger partial charge in [-0.1, -0.05) is 11.6 Å². The number of rotatable bonds is 8. The topological polar surface area (TPSA) is 46.9 Å². The number of ether oxygens (including phenoxy) is 2. The molecule has 1 aromatic carbocycles. The van der Waals surface area contributed by atoms with Crippen LogP contribution in [0, 0.1) is 0 Å². The Kier molecular flexibility index (Phi) is 6.33. The third-order valence-electron chi connectivity index (χ3n) is 3.66. The molecule has 2 rings (SSSR count). The van der Waals surface area contributed by atoms with Crippen LogP contribution in [-0.2, 0) is 6.54 Å². The van der Waals surface area contributed by atoms with Crippen LogP contribution < -0.4 is 14.8 Å². The van der Waals surface area contributed by atoms with E-state index in [1.54, 1.807) is 20.5 Å². The first-order chi connectivity index (χ1) is 11.1. The highest BCUT2D eigenvalue weighted by molar-refractivity contribution is 6.32. The first kappa shape index (κ1) is 17.7. The standard InChI is InChI=1S/C17H23ClN2O3/c1-20(2)14(15-6-5-7-23-15)11-19-10-12-8-13(18)17(22-4)16(9-12)21-3/h5-9,14,19H,10-11H2,1-4H3/t14-/m0/s1. The molecule has 126 valence electrons. The monoisotopic (exact) mass is 338 g/mol. The molecule has 0 unspecified atom stereocenters. The average molecular weight is 339 g/mol. The highest BCUT2D eigenvalue weighted by Crippen LogP contribution is 2.36. The first-order valence-corrected chi connectivity index (χ1v) is 7.75. The Bertz CT molecular complexity index is 615. The molecule has 0 aliphatic heterocycles. The minimum Gasteiger partial charge on any atom is -0.493 e. The van der Waals surface area contributed by atoms with Gasteiger partial charge in [-0.3, -0.25) is 4.90 Å². The van der Waals surface area contributed by atoms with Gasteiger partial charge in [0, 0.05) is 13.1 Å². The van der Waals surface area contributed by atoms with Crippen LogP contribution in [0.25, 0.3) is 0 Å². The Hall–Kier alpha value is -1.69. The zero-order valence-electron chi connectivity index (χ0n) is 13.9. The molecule has 1 atom stereocenters. The lowest BCUT2D eigenvalue weighted by atomic mass is 10.1.